The summed E-state index contributed by atoms with van der Waals surface area (Å²) < 4.78 is 1.80. The highest BCUT2D eigenvalue weighted by Gasteiger charge is 2.25. The fourth-order valence-electron chi connectivity index (χ4n) is 4.54. The Morgan fingerprint density at radius 3 is 2.78 bits per heavy atom. The number of carbonyl (C=O) groups excluding carboxylic acids is 2. The van der Waals surface area contributed by atoms with Crippen LogP contribution in [0.3, 0.4) is 0 Å². The van der Waals surface area contributed by atoms with E-state index in [0.717, 1.165) is 61.3 Å². The molecule has 0 fully saturated rings. The number of fused-ring (bicyclic) bond motifs is 2. The van der Waals surface area contributed by atoms with E-state index >= 15 is 0 Å². The van der Waals surface area contributed by atoms with E-state index in [1.54, 1.807) is 40.6 Å². The summed E-state index contributed by atoms with van der Waals surface area (Å²) in [6, 6.07) is -0.291. The van der Waals surface area contributed by atoms with Crippen LogP contribution in [0.4, 0.5) is 9.80 Å². The maximum absolute atomic E-state index is 12.8. The zero-order valence-electron chi connectivity index (χ0n) is 18.2. The Hall–Kier alpha value is -2.56. The third-order valence-corrected chi connectivity index (χ3v) is 8.48. The first-order chi connectivity index (χ1) is 15.5. The minimum absolute atomic E-state index is 0.0166. The monoisotopic (exact) mass is 470 g/mol. The number of hydrogen-bond acceptors (Lipinski definition) is 7. The van der Waals surface area contributed by atoms with Gasteiger partial charge in [0.05, 0.1) is 5.56 Å². The first kappa shape index (κ1) is 21.3. The minimum Gasteiger partial charge on any atom is -0.334 e. The van der Waals surface area contributed by atoms with Crippen molar-refractivity contribution in [1.82, 2.24) is 25.4 Å². The van der Waals surface area contributed by atoms with Crippen LogP contribution < -0.4 is 16.0 Å². The van der Waals surface area contributed by atoms with E-state index in [2.05, 4.69) is 26.0 Å². The van der Waals surface area contributed by atoms with Gasteiger partial charge in [-0.05, 0) is 63.6 Å². The van der Waals surface area contributed by atoms with Crippen LogP contribution in [0.1, 0.15) is 62.4 Å². The van der Waals surface area contributed by atoms with Gasteiger partial charge in [-0.1, -0.05) is 0 Å². The molecule has 2 aliphatic rings. The minimum atomic E-state index is -0.291. The number of nitrogens with one attached hydrogen (secondary N) is 3. The normalized spacial score (nSPS) is 15.2. The smallest absolute Gasteiger partial charge is 0.320 e. The van der Waals surface area contributed by atoms with E-state index in [9.17, 15) is 9.59 Å². The van der Waals surface area contributed by atoms with E-state index in [1.165, 1.54) is 15.3 Å². The summed E-state index contributed by atoms with van der Waals surface area (Å²) >= 11 is 3.24. The Kier molecular flexibility index (Phi) is 5.83. The van der Waals surface area contributed by atoms with Crippen molar-refractivity contribution in [3.05, 3.63) is 44.2 Å². The number of Topliss-reactive ketones (excluding diaryl/α,β-unsaturated/α-hetero) is 1. The number of amides is 2. The largest absolute Gasteiger partial charge is 0.334 e. The summed E-state index contributed by atoms with van der Waals surface area (Å²) in [5.41, 5.74) is 4.20. The molecule has 3 N–H and O–H groups in total. The van der Waals surface area contributed by atoms with Crippen LogP contribution in [0.25, 0.3) is 5.00 Å². The van der Waals surface area contributed by atoms with E-state index in [1.807, 2.05) is 6.92 Å². The Bertz CT molecular complexity index is 1190. The van der Waals surface area contributed by atoms with Crippen LogP contribution in [-0.2, 0) is 32.4 Å². The average Bonchev–Trinajstić information content (AvgIpc) is 3.46. The van der Waals surface area contributed by atoms with E-state index in [4.69, 9.17) is 0 Å². The molecule has 0 spiro atoms. The number of aromatic nitrogens is 3. The van der Waals surface area contributed by atoms with Crippen molar-refractivity contribution in [3.63, 3.8) is 0 Å². The average molecular weight is 471 g/mol. The second-order valence-electron chi connectivity index (χ2n) is 8.23. The molecule has 2 amide bonds. The molecule has 3 aromatic heterocycles. The zero-order chi connectivity index (χ0) is 22.2. The standard InChI is InChI=1S/C22H26N6O2S2/c1-12(29)19-15-5-3-4-6-17(15)31-20(19)26-22(30)24-9-16-14-7-8-23-10-18(14)32-21(16)28-11-25-13(2)27-28/h11,23H,3-10H2,1-2H3,(H2,24,26,30). The zero-order valence-corrected chi connectivity index (χ0v) is 19.8. The van der Waals surface area contributed by atoms with Crippen LogP contribution in [0.2, 0.25) is 0 Å². The van der Waals surface area contributed by atoms with Crippen molar-refractivity contribution < 1.29 is 9.59 Å². The Balaban J connectivity index is 1.37. The van der Waals surface area contributed by atoms with E-state index in [-0.39, 0.29) is 11.8 Å². The summed E-state index contributed by atoms with van der Waals surface area (Å²) in [7, 11) is 0. The van der Waals surface area contributed by atoms with Crippen molar-refractivity contribution in [3.8, 4) is 5.00 Å². The molecular formula is C22H26N6O2S2. The van der Waals surface area contributed by atoms with Gasteiger partial charge in [-0.15, -0.1) is 22.7 Å². The van der Waals surface area contributed by atoms with Gasteiger partial charge in [0.25, 0.3) is 0 Å². The van der Waals surface area contributed by atoms with Crippen molar-refractivity contribution in [2.24, 2.45) is 0 Å². The molecule has 0 saturated heterocycles. The topological polar surface area (TPSA) is 101 Å². The molecule has 8 nitrogen and oxygen atoms in total. The molecule has 0 unspecified atom stereocenters. The molecule has 168 valence electrons. The van der Waals surface area contributed by atoms with Crippen LogP contribution >= 0.6 is 22.7 Å². The lowest BCUT2D eigenvalue weighted by atomic mass is 9.94. The van der Waals surface area contributed by atoms with Gasteiger partial charge in [-0.2, -0.15) is 5.10 Å². The lowest BCUT2D eigenvalue weighted by Gasteiger charge is -2.15. The molecule has 1 aliphatic heterocycles. The number of carbonyl (C=O) groups is 2. The van der Waals surface area contributed by atoms with Crippen molar-refractivity contribution >= 4 is 39.5 Å². The number of thiophene rings is 2. The second-order valence-corrected chi connectivity index (χ2v) is 10.4. The van der Waals surface area contributed by atoms with Crippen LogP contribution in [0.5, 0.6) is 0 Å². The first-order valence-corrected chi connectivity index (χ1v) is 12.6. The van der Waals surface area contributed by atoms with Crippen molar-refractivity contribution in [2.45, 2.75) is 59.0 Å². The van der Waals surface area contributed by atoms with Gasteiger partial charge >= 0.3 is 6.03 Å². The maximum atomic E-state index is 12.8. The lowest BCUT2D eigenvalue weighted by molar-refractivity contribution is 0.101. The number of nitrogens with zero attached hydrogens (tertiary/aromatic N) is 3. The van der Waals surface area contributed by atoms with Gasteiger partial charge in [-0.3, -0.25) is 10.1 Å². The molecule has 32 heavy (non-hydrogen) atoms. The Morgan fingerprint density at radius 1 is 1.16 bits per heavy atom. The summed E-state index contributed by atoms with van der Waals surface area (Å²) in [6.45, 7) is 5.59. The number of anilines is 1. The first-order valence-electron chi connectivity index (χ1n) is 10.9. The van der Waals surface area contributed by atoms with Gasteiger partial charge < -0.3 is 10.6 Å². The summed E-state index contributed by atoms with van der Waals surface area (Å²) in [4.78, 5) is 31.9. The fraction of sp³-hybridized carbons (Fsp3) is 0.455. The van der Waals surface area contributed by atoms with Crippen molar-refractivity contribution in [2.75, 3.05) is 11.9 Å². The number of hydrogen-bond donors (Lipinski definition) is 3. The second kappa shape index (κ2) is 8.76. The quantitative estimate of drug-likeness (QED) is 0.493. The van der Waals surface area contributed by atoms with Gasteiger partial charge in [0.1, 0.15) is 22.2 Å². The third-order valence-electron chi connectivity index (χ3n) is 6.01. The van der Waals surface area contributed by atoms with Gasteiger partial charge in [-0.25, -0.2) is 14.5 Å². The predicted octanol–water partition coefficient (Wildman–Crippen LogP) is 3.75. The molecule has 0 bridgehead atoms. The number of rotatable bonds is 5. The number of ketones is 1. The summed E-state index contributed by atoms with van der Waals surface area (Å²) in [5.74, 6) is 0.729. The Morgan fingerprint density at radius 2 is 2.00 bits per heavy atom. The highest BCUT2D eigenvalue weighted by Crippen LogP contribution is 2.38. The molecule has 0 atom stereocenters. The SMILES string of the molecule is CC(=O)c1c(NC(=O)NCc2c(-n3cnc(C)n3)sc3c2CCNC3)sc2c1CCCC2. The molecule has 0 aromatic carbocycles. The molecule has 0 radical (unpaired) electrons. The number of aryl methyl sites for hydroxylation is 2. The molecule has 4 heterocycles. The molecule has 10 heteroatoms. The number of urea groups is 1. The van der Waals surface area contributed by atoms with E-state index in [0.29, 0.717) is 22.9 Å². The summed E-state index contributed by atoms with van der Waals surface area (Å²) in [6.07, 6.45) is 6.78. The van der Waals surface area contributed by atoms with Gasteiger partial charge in [0.2, 0.25) is 0 Å². The molecular weight excluding hydrogens is 444 g/mol. The molecule has 0 saturated carbocycles. The highest BCUT2D eigenvalue weighted by molar-refractivity contribution is 7.17. The van der Waals surface area contributed by atoms with Crippen LogP contribution in [0.15, 0.2) is 6.33 Å². The van der Waals surface area contributed by atoms with Crippen LogP contribution in [0, 0.1) is 6.92 Å². The maximum Gasteiger partial charge on any atom is 0.320 e. The molecule has 5 rings (SSSR count). The van der Waals surface area contributed by atoms with E-state index < -0.39 is 0 Å². The van der Waals surface area contributed by atoms with Crippen LogP contribution in [-0.4, -0.2) is 33.1 Å². The fourth-order valence-corrected chi connectivity index (χ4v) is 7.13. The lowest BCUT2D eigenvalue weighted by Crippen LogP contribution is -2.30. The molecule has 1 aliphatic carbocycles. The van der Waals surface area contributed by atoms with Gasteiger partial charge in [0, 0.05) is 28.4 Å². The third kappa shape index (κ3) is 3.98. The van der Waals surface area contributed by atoms with Crippen molar-refractivity contribution in [1.29, 1.82) is 0 Å². The predicted molar refractivity (Wildman–Crippen MR) is 126 cm³/mol. The summed E-state index contributed by atoms with van der Waals surface area (Å²) in [5, 5.41) is 15.5. The van der Waals surface area contributed by atoms with Gasteiger partial charge in [0.15, 0.2) is 5.78 Å². The molecule has 3 aromatic rings. The Labute approximate surface area is 194 Å². The highest BCUT2D eigenvalue weighted by atomic mass is 32.1.